The highest BCUT2D eigenvalue weighted by Crippen LogP contribution is 2.09. The molecule has 0 aliphatic heterocycles. The van der Waals surface area contributed by atoms with Gasteiger partial charge >= 0.3 is 0 Å². The first-order valence-electron chi connectivity index (χ1n) is 4.33. The van der Waals surface area contributed by atoms with Crippen LogP contribution in [0.2, 0.25) is 0 Å². The molecule has 2 atom stereocenters. The second kappa shape index (κ2) is 5.13. The minimum Gasteiger partial charge on any atom is -0.394 e. The molecule has 0 bridgehead atoms. The van der Waals surface area contributed by atoms with Crippen molar-refractivity contribution in [2.24, 2.45) is 0 Å². The summed E-state index contributed by atoms with van der Waals surface area (Å²) in [7, 11) is 0. The largest absolute Gasteiger partial charge is 0.394 e. The lowest BCUT2D eigenvalue weighted by atomic mass is 9.98. The van der Waals surface area contributed by atoms with E-state index in [4.69, 9.17) is 10.4 Å². The van der Waals surface area contributed by atoms with Crippen molar-refractivity contribution in [3.63, 3.8) is 0 Å². The van der Waals surface area contributed by atoms with Gasteiger partial charge in [0.25, 0.3) is 0 Å². The van der Waals surface area contributed by atoms with E-state index in [1.54, 1.807) is 0 Å². The highest BCUT2D eigenvalue weighted by molar-refractivity contribution is 4.87. The number of nitrogens with one attached hydrogen (secondary N) is 1. The molecule has 0 aromatic heterocycles. The fraction of sp³-hybridized carbons (Fsp3) is 0.889. The second-order valence-corrected chi connectivity index (χ2v) is 3.48. The van der Waals surface area contributed by atoms with Gasteiger partial charge in [-0.1, -0.05) is 6.92 Å². The number of rotatable bonds is 5. The average Bonchev–Trinajstić information content (AvgIpc) is 2.05. The van der Waals surface area contributed by atoms with Gasteiger partial charge in [0.15, 0.2) is 0 Å². The molecule has 0 rings (SSSR count). The van der Waals surface area contributed by atoms with E-state index in [1.165, 1.54) is 0 Å². The Morgan fingerprint density at radius 2 is 2.25 bits per heavy atom. The van der Waals surface area contributed by atoms with Gasteiger partial charge < -0.3 is 10.4 Å². The van der Waals surface area contributed by atoms with Crippen LogP contribution in [0.25, 0.3) is 0 Å². The highest BCUT2D eigenvalue weighted by Gasteiger charge is 2.22. The first-order valence-corrected chi connectivity index (χ1v) is 4.33. The van der Waals surface area contributed by atoms with Crippen molar-refractivity contribution in [1.82, 2.24) is 5.32 Å². The molecule has 2 unspecified atom stereocenters. The van der Waals surface area contributed by atoms with Crippen LogP contribution >= 0.6 is 0 Å². The van der Waals surface area contributed by atoms with Gasteiger partial charge in [-0.25, -0.2) is 0 Å². The Hall–Kier alpha value is -0.590. The highest BCUT2D eigenvalue weighted by atomic mass is 16.3. The summed E-state index contributed by atoms with van der Waals surface area (Å²) in [5.41, 5.74) is -0.240. The average molecular weight is 170 g/mol. The van der Waals surface area contributed by atoms with Gasteiger partial charge in [-0.3, -0.25) is 0 Å². The normalized spacial score (nSPS) is 17.9. The quantitative estimate of drug-likeness (QED) is 0.648. The van der Waals surface area contributed by atoms with Crippen LogP contribution in [-0.2, 0) is 0 Å². The van der Waals surface area contributed by atoms with Gasteiger partial charge in [-0.2, -0.15) is 5.26 Å². The smallest absolute Gasteiger partial charge is 0.0638 e. The molecule has 0 aromatic rings. The van der Waals surface area contributed by atoms with Gasteiger partial charge in [-0.05, 0) is 20.3 Å². The topological polar surface area (TPSA) is 56.0 Å². The van der Waals surface area contributed by atoms with E-state index >= 15 is 0 Å². The van der Waals surface area contributed by atoms with Crippen LogP contribution in [0.3, 0.4) is 0 Å². The Labute approximate surface area is 74.4 Å². The Bertz CT molecular complexity index is 158. The van der Waals surface area contributed by atoms with Crippen LogP contribution < -0.4 is 5.32 Å². The molecule has 0 spiro atoms. The first-order chi connectivity index (χ1) is 5.58. The van der Waals surface area contributed by atoms with Crippen LogP contribution in [0.15, 0.2) is 0 Å². The SMILES string of the molecule is CCC(C)(CO)NC(C)CC#N. The number of aliphatic hydroxyl groups is 1. The molecule has 0 saturated heterocycles. The van der Waals surface area contributed by atoms with Crippen molar-refractivity contribution in [2.45, 2.75) is 45.2 Å². The third-order valence-corrected chi connectivity index (χ3v) is 2.12. The van der Waals surface area contributed by atoms with Crippen LogP contribution in [0, 0.1) is 11.3 Å². The summed E-state index contributed by atoms with van der Waals surface area (Å²) in [6.45, 7) is 6.04. The van der Waals surface area contributed by atoms with E-state index in [1.807, 2.05) is 20.8 Å². The lowest BCUT2D eigenvalue weighted by molar-refractivity contribution is 0.159. The first kappa shape index (κ1) is 11.4. The molecule has 0 fully saturated rings. The maximum atomic E-state index is 9.06. The van der Waals surface area contributed by atoms with Gasteiger partial charge in [0.1, 0.15) is 0 Å². The predicted octanol–water partition coefficient (Wildman–Crippen LogP) is 1.04. The fourth-order valence-electron chi connectivity index (χ4n) is 1.04. The number of hydrogen-bond acceptors (Lipinski definition) is 3. The van der Waals surface area contributed by atoms with Crippen molar-refractivity contribution in [1.29, 1.82) is 5.26 Å². The Kier molecular flexibility index (Phi) is 4.87. The summed E-state index contributed by atoms with van der Waals surface area (Å²) in [5.74, 6) is 0. The summed E-state index contributed by atoms with van der Waals surface area (Å²) >= 11 is 0. The fourth-order valence-corrected chi connectivity index (χ4v) is 1.04. The summed E-state index contributed by atoms with van der Waals surface area (Å²) in [5, 5.41) is 20.7. The molecular weight excluding hydrogens is 152 g/mol. The maximum absolute atomic E-state index is 9.06. The number of aliphatic hydroxyl groups excluding tert-OH is 1. The molecule has 12 heavy (non-hydrogen) atoms. The van der Waals surface area contributed by atoms with Crippen molar-refractivity contribution in [3.05, 3.63) is 0 Å². The zero-order valence-corrected chi connectivity index (χ0v) is 8.09. The Morgan fingerprint density at radius 3 is 2.58 bits per heavy atom. The minimum absolute atomic E-state index is 0.110. The Morgan fingerprint density at radius 1 is 1.67 bits per heavy atom. The lowest BCUT2D eigenvalue weighted by Gasteiger charge is -2.30. The molecule has 0 heterocycles. The monoisotopic (exact) mass is 170 g/mol. The van der Waals surface area contributed by atoms with E-state index < -0.39 is 0 Å². The zero-order valence-electron chi connectivity index (χ0n) is 8.09. The van der Waals surface area contributed by atoms with E-state index in [0.717, 1.165) is 6.42 Å². The number of nitriles is 1. The predicted molar refractivity (Wildman–Crippen MR) is 48.6 cm³/mol. The molecule has 0 radical (unpaired) electrons. The van der Waals surface area contributed by atoms with E-state index in [2.05, 4.69) is 11.4 Å². The van der Waals surface area contributed by atoms with Crippen molar-refractivity contribution in [3.8, 4) is 6.07 Å². The molecule has 3 heteroatoms. The van der Waals surface area contributed by atoms with Crippen LogP contribution in [0.4, 0.5) is 0 Å². The minimum atomic E-state index is -0.240. The van der Waals surface area contributed by atoms with Gasteiger partial charge in [-0.15, -0.1) is 0 Å². The van der Waals surface area contributed by atoms with Crippen molar-refractivity contribution in [2.75, 3.05) is 6.61 Å². The van der Waals surface area contributed by atoms with E-state index in [0.29, 0.717) is 6.42 Å². The molecule has 0 saturated carbocycles. The third-order valence-electron chi connectivity index (χ3n) is 2.12. The van der Waals surface area contributed by atoms with Crippen molar-refractivity contribution >= 4 is 0 Å². The number of hydrogen-bond donors (Lipinski definition) is 2. The van der Waals surface area contributed by atoms with Gasteiger partial charge in [0.2, 0.25) is 0 Å². The molecule has 0 amide bonds. The van der Waals surface area contributed by atoms with E-state index in [-0.39, 0.29) is 18.2 Å². The van der Waals surface area contributed by atoms with Crippen LogP contribution in [0.1, 0.15) is 33.6 Å². The van der Waals surface area contributed by atoms with Crippen molar-refractivity contribution < 1.29 is 5.11 Å². The standard InChI is InChI=1S/C9H18N2O/c1-4-9(3,7-12)11-8(2)5-6-10/h8,11-12H,4-5,7H2,1-3H3. The second-order valence-electron chi connectivity index (χ2n) is 3.48. The number of nitrogens with zero attached hydrogens (tertiary/aromatic N) is 1. The maximum Gasteiger partial charge on any atom is 0.0638 e. The molecule has 70 valence electrons. The summed E-state index contributed by atoms with van der Waals surface area (Å²) < 4.78 is 0. The molecule has 3 nitrogen and oxygen atoms in total. The summed E-state index contributed by atoms with van der Waals surface area (Å²) in [6.07, 6.45) is 1.34. The van der Waals surface area contributed by atoms with E-state index in [9.17, 15) is 0 Å². The van der Waals surface area contributed by atoms with Crippen LogP contribution in [-0.4, -0.2) is 23.3 Å². The lowest BCUT2D eigenvalue weighted by Crippen LogP contribution is -2.49. The Balaban J connectivity index is 3.95. The summed E-state index contributed by atoms with van der Waals surface area (Å²) in [4.78, 5) is 0. The zero-order chi connectivity index (χ0) is 9.61. The third kappa shape index (κ3) is 3.70. The van der Waals surface area contributed by atoms with Crippen LogP contribution in [0.5, 0.6) is 0 Å². The molecule has 2 N–H and O–H groups in total. The van der Waals surface area contributed by atoms with Gasteiger partial charge in [0, 0.05) is 11.6 Å². The van der Waals surface area contributed by atoms with Gasteiger partial charge in [0.05, 0.1) is 19.1 Å². The molecular formula is C9H18N2O. The summed E-state index contributed by atoms with van der Waals surface area (Å²) in [6, 6.07) is 2.24. The molecule has 0 aliphatic carbocycles. The molecule has 0 aliphatic rings. The molecule has 0 aromatic carbocycles.